The molecule has 94 valence electrons. The molecule has 18 heavy (non-hydrogen) atoms. The summed E-state index contributed by atoms with van der Waals surface area (Å²) in [4.78, 5) is 0. The van der Waals surface area contributed by atoms with E-state index in [1.165, 1.54) is 11.1 Å². The first-order chi connectivity index (χ1) is 8.66. The molecule has 0 unspecified atom stereocenters. The Hall–Kier alpha value is -1.80. The van der Waals surface area contributed by atoms with Gasteiger partial charge < -0.3 is 10.4 Å². The molecule has 2 rings (SSSR count). The molecule has 0 heterocycles. The quantitative estimate of drug-likeness (QED) is 0.859. The van der Waals surface area contributed by atoms with Crippen molar-refractivity contribution in [2.45, 2.75) is 20.0 Å². The first kappa shape index (κ1) is 12.7. The van der Waals surface area contributed by atoms with Crippen LogP contribution >= 0.6 is 0 Å². The predicted octanol–water partition coefficient (Wildman–Crippen LogP) is 3.45. The van der Waals surface area contributed by atoms with Crippen LogP contribution in [0.5, 0.6) is 0 Å². The number of aliphatic hydroxyl groups excluding tert-OH is 1. The normalized spacial score (nSPS) is 12.2. The Morgan fingerprint density at radius 3 is 2.50 bits per heavy atom. The average Bonchev–Trinajstić information content (AvgIpc) is 2.40. The lowest BCUT2D eigenvalue weighted by atomic mass is 10.1. The van der Waals surface area contributed by atoms with Crippen molar-refractivity contribution in [2.24, 2.45) is 0 Å². The van der Waals surface area contributed by atoms with E-state index in [1.807, 2.05) is 30.3 Å². The first-order valence-corrected chi connectivity index (χ1v) is 6.21. The molecule has 0 saturated heterocycles. The fourth-order valence-electron chi connectivity index (χ4n) is 1.93. The fourth-order valence-corrected chi connectivity index (χ4v) is 1.93. The van der Waals surface area contributed by atoms with E-state index in [2.05, 4.69) is 37.4 Å². The van der Waals surface area contributed by atoms with Crippen molar-refractivity contribution in [2.75, 3.05) is 11.9 Å². The van der Waals surface area contributed by atoms with Crippen LogP contribution in [0.2, 0.25) is 0 Å². The van der Waals surface area contributed by atoms with Crippen molar-refractivity contribution in [3.8, 4) is 0 Å². The Bertz CT molecular complexity index is 508. The Labute approximate surface area is 108 Å². The highest BCUT2D eigenvalue weighted by Crippen LogP contribution is 2.18. The molecule has 2 N–H and O–H groups in total. The average molecular weight is 241 g/mol. The highest BCUT2D eigenvalue weighted by molar-refractivity contribution is 5.52. The van der Waals surface area contributed by atoms with Crippen molar-refractivity contribution in [3.05, 3.63) is 65.2 Å². The highest BCUT2D eigenvalue weighted by atomic mass is 16.3. The van der Waals surface area contributed by atoms with Gasteiger partial charge in [0.25, 0.3) is 0 Å². The molecule has 2 aromatic carbocycles. The molecule has 2 nitrogen and oxygen atoms in total. The molecule has 0 spiro atoms. The number of aliphatic hydroxyl groups is 1. The number of benzene rings is 2. The van der Waals surface area contributed by atoms with Crippen LogP contribution in [0.15, 0.2) is 48.5 Å². The molecule has 0 saturated carbocycles. The minimum atomic E-state index is -0.480. The second-order valence-corrected chi connectivity index (χ2v) is 4.63. The molecule has 0 fully saturated rings. The van der Waals surface area contributed by atoms with Gasteiger partial charge in [0.15, 0.2) is 0 Å². The third-order valence-corrected chi connectivity index (χ3v) is 3.06. The number of nitrogens with one attached hydrogen (secondary N) is 1. The zero-order valence-corrected chi connectivity index (χ0v) is 10.9. The standard InChI is InChI=1S/C16H19NO/c1-12-8-9-13(2)15(10-12)17-11-16(18)14-6-4-3-5-7-14/h3-10,16-18H,11H2,1-2H3/t16-/m1/s1. The summed E-state index contributed by atoms with van der Waals surface area (Å²) >= 11 is 0. The largest absolute Gasteiger partial charge is 0.387 e. The third-order valence-electron chi connectivity index (χ3n) is 3.06. The van der Waals surface area contributed by atoms with Crippen LogP contribution in [0, 0.1) is 13.8 Å². The minimum Gasteiger partial charge on any atom is -0.387 e. The molecule has 1 atom stereocenters. The maximum absolute atomic E-state index is 10.1. The topological polar surface area (TPSA) is 32.3 Å². The predicted molar refractivity (Wildman–Crippen MR) is 75.8 cm³/mol. The van der Waals surface area contributed by atoms with Crippen molar-refractivity contribution in [1.82, 2.24) is 0 Å². The molecule has 0 aliphatic carbocycles. The van der Waals surface area contributed by atoms with E-state index < -0.39 is 6.10 Å². The first-order valence-electron chi connectivity index (χ1n) is 6.21. The molecule has 2 aromatic rings. The lowest BCUT2D eigenvalue weighted by molar-refractivity contribution is 0.191. The summed E-state index contributed by atoms with van der Waals surface area (Å²) in [7, 11) is 0. The summed E-state index contributed by atoms with van der Waals surface area (Å²) in [5.74, 6) is 0. The van der Waals surface area contributed by atoms with Gasteiger partial charge in [-0.1, -0.05) is 42.5 Å². The van der Waals surface area contributed by atoms with E-state index in [0.29, 0.717) is 6.54 Å². The maximum Gasteiger partial charge on any atom is 0.0962 e. The summed E-state index contributed by atoms with van der Waals surface area (Å²) in [5, 5.41) is 13.4. The fraction of sp³-hybridized carbons (Fsp3) is 0.250. The van der Waals surface area contributed by atoms with Crippen LogP contribution in [0.4, 0.5) is 5.69 Å². The Balaban J connectivity index is 2.01. The summed E-state index contributed by atoms with van der Waals surface area (Å²) in [6, 6.07) is 16.0. The number of anilines is 1. The second-order valence-electron chi connectivity index (χ2n) is 4.63. The molecule has 0 radical (unpaired) electrons. The van der Waals surface area contributed by atoms with Gasteiger partial charge in [0, 0.05) is 12.2 Å². The van der Waals surface area contributed by atoms with Gasteiger partial charge in [-0.15, -0.1) is 0 Å². The van der Waals surface area contributed by atoms with Crippen LogP contribution in [0.25, 0.3) is 0 Å². The van der Waals surface area contributed by atoms with E-state index in [0.717, 1.165) is 11.3 Å². The van der Waals surface area contributed by atoms with Crippen molar-refractivity contribution < 1.29 is 5.11 Å². The van der Waals surface area contributed by atoms with Crippen LogP contribution < -0.4 is 5.32 Å². The van der Waals surface area contributed by atoms with E-state index in [1.54, 1.807) is 0 Å². The highest BCUT2D eigenvalue weighted by Gasteiger charge is 2.07. The zero-order chi connectivity index (χ0) is 13.0. The lowest BCUT2D eigenvalue weighted by Gasteiger charge is -2.15. The number of aryl methyl sites for hydroxylation is 2. The molecule has 0 aliphatic rings. The smallest absolute Gasteiger partial charge is 0.0962 e. The summed E-state index contributed by atoms with van der Waals surface area (Å²) in [5.41, 5.74) is 4.44. The van der Waals surface area contributed by atoms with Crippen LogP contribution in [0.1, 0.15) is 22.8 Å². The summed E-state index contributed by atoms with van der Waals surface area (Å²) < 4.78 is 0. The van der Waals surface area contributed by atoms with E-state index in [4.69, 9.17) is 0 Å². The zero-order valence-electron chi connectivity index (χ0n) is 10.9. The second kappa shape index (κ2) is 5.69. The number of rotatable bonds is 4. The molecule has 0 aromatic heterocycles. The lowest BCUT2D eigenvalue weighted by Crippen LogP contribution is -2.12. The molecular formula is C16H19NO. The van der Waals surface area contributed by atoms with Gasteiger partial charge in [0.1, 0.15) is 0 Å². The SMILES string of the molecule is Cc1ccc(C)c(NC[C@@H](O)c2ccccc2)c1. The van der Waals surface area contributed by atoms with Crippen LogP contribution in [-0.4, -0.2) is 11.7 Å². The van der Waals surface area contributed by atoms with Crippen LogP contribution in [0.3, 0.4) is 0 Å². The van der Waals surface area contributed by atoms with Gasteiger partial charge >= 0.3 is 0 Å². The van der Waals surface area contributed by atoms with Gasteiger partial charge in [-0.05, 0) is 36.6 Å². The Kier molecular flexibility index (Phi) is 4.00. The molecular weight excluding hydrogens is 222 g/mol. The molecule has 0 amide bonds. The van der Waals surface area contributed by atoms with E-state index >= 15 is 0 Å². The molecule has 2 heteroatoms. The molecule has 0 aliphatic heterocycles. The van der Waals surface area contributed by atoms with Crippen LogP contribution in [-0.2, 0) is 0 Å². The number of hydrogen-bond donors (Lipinski definition) is 2. The third kappa shape index (κ3) is 3.11. The summed E-state index contributed by atoms with van der Waals surface area (Å²) in [6.45, 7) is 4.66. The van der Waals surface area contributed by atoms with Crippen molar-refractivity contribution in [1.29, 1.82) is 0 Å². The Morgan fingerprint density at radius 1 is 1.06 bits per heavy atom. The van der Waals surface area contributed by atoms with E-state index in [9.17, 15) is 5.11 Å². The van der Waals surface area contributed by atoms with Crippen molar-refractivity contribution in [3.63, 3.8) is 0 Å². The number of hydrogen-bond acceptors (Lipinski definition) is 2. The van der Waals surface area contributed by atoms with Gasteiger partial charge in [-0.25, -0.2) is 0 Å². The maximum atomic E-state index is 10.1. The Morgan fingerprint density at radius 2 is 1.78 bits per heavy atom. The minimum absolute atomic E-state index is 0.480. The monoisotopic (exact) mass is 241 g/mol. The summed E-state index contributed by atoms with van der Waals surface area (Å²) in [6.07, 6.45) is -0.480. The van der Waals surface area contributed by atoms with E-state index in [-0.39, 0.29) is 0 Å². The van der Waals surface area contributed by atoms with Gasteiger partial charge in [-0.2, -0.15) is 0 Å². The van der Waals surface area contributed by atoms with Gasteiger partial charge in [0.2, 0.25) is 0 Å². The van der Waals surface area contributed by atoms with Crippen molar-refractivity contribution >= 4 is 5.69 Å². The van der Waals surface area contributed by atoms with Gasteiger partial charge in [0.05, 0.1) is 6.10 Å². The van der Waals surface area contributed by atoms with Gasteiger partial charge in [-0.3, -0.25) is 0 Å². The molecule has 0 bridgehead atoms.